The number of benzene rings is 2. The lowest BCUT2D eigenvalue weighted by atomic mass is 10.1. The molecule has 4 heteroatoms. The highest BCUT2D eigenvalue weighted by atomic mass is 16.5. The number of hydrogen-bond donors (Lipinski definition) is 1. The molecule has 2 aromatic carbocycles. The molecule has 0 bridgehead atoms. The van der Waals surface area contributed by atoms with Gasteiger partial charge in [0.05, 0.1) is 13.2 Å². The van der Waals surface area contributed by atoms with E-state index in [2.05, 4.69) is 51.6 Å². The van der Waals surface area contributed by atoms with Crippen molar-refractivity contribution < 1.29 is 4.74 Å². The van der Waals surface area contributed by atoms with Crippen molar-refractivity contribution in [2.45, 2.75) is 6.54 Å². The summed E-state index contributed by atoms with van der Waals surface area (Å²) in [7, 11) is 0. The first kappa shape index (κ1) is 15.1. The van der Waals surface area contributed by atoms with E-state index >= 15 is 0 Å². The van der Waals surface area contributed by atoms with E-state index < -0.39 is 0 Å². The Morgan fingerprint density at radius 1 is 0.958 bits per heavy atom. The fraction of sp³-hybridized carbons (Fsp3) is 0.250. The molecule has 4 rings (SSSR count). The Bertz CT molecular complexity index is 805. The second kappa shape index (κ2) is 6.99. The van der Waals surface area contributed by atoms with E-state index in [1.165, 1.54) is 10.9 Å². The van der Waals surface area contributed by atoms with Crippen molar-refractivity contribution in [3.63, 3.8) is 0 Å². The van der Waals surface area contributed by atoms with Crippen LogP contribution in [0.2, 0.25) is 0 Å². The quantitative estimate of drug-likeness (QED) is 0.793. The fourth-order valence-corrected chi connectivity index (χ4v) is 3.07. The molecule has 1 fully saturated rings. The molecule has 0 unspecified atom stereocenters. The summed E-state index contributed by atoms with van der Waals surface area (Å²) < 4.78 is 5.40. The van der Waals surface area contributed by atoms with Gasteiger partial charge in [-0.05, 0) is 29.1 Å². The summed E-state index contributed by atoms with van der Waals surface area (Å²) >= 11 is 0. The molecule has 0 spiro atoms. The molecule has 2 heterocycles. The van der Waals surface area contributed by atoms with Crippen molar-refractivity contribution in [3.8, 4) is 0 Å². The Hall–Kier alpha value is -2.43. The number of pyridine rings is 1. The van der Waals surface area contributed by atoms with E-state index in [0.29, 0.717) is 0 Å². The number of aromatic nitrogens is 1. The van der Waals surface area contributed by atoms with Crippen LogP contribution in [0.25, 0.3) is 10.8 Å². The van der Waals surface area contributed by atoms with Crippen LogP contribution in [0, 0.1) is 0 Å². The van der Waals surface area contributed by atoms with Crippen LogP contribution in [0.3, 0.4) is 0 Å². The Balaban J connectivity index is 1.48. The molecule has 0 aliphatic carbocycles. The van der Waals surface area contributed by atoms with Gasteiger partial charge in [-0.2, -0.15) is 0 Å². The number of fused-ring (bicyclic) bond motifs is 1. The number of anilines is 2. The third kappa shape index (κ3) is 3.40. The highest BCUT2D eigenvalue weighted by molar-refractivity contribution is 5.93. The van der Waals surface area contributed by atoms with Crippen LogP contribution in [0.4, 0.5) is 11.5 Å². The van der Waals surface area contributed by atoms with Gasteiger partial charge in [0.25, 0.3) is 0 Å². The predicted octanol–water partition coefficient (Wildman–Crippen LogP) is 3.81. The molecule has 1 aliphatic heterocycles. The van der Waals surface area contributed by atoms with Crippen LogP contribution in [0.15, 0.2) is 60.8 Å². The smallest absolute Gasteiger partial charge is 0.138 e. The number of nitrogens with zero attached hydrogens (tertiary/aromatic N) is 2. The number of morpholine rings is 1. The lowest BCUT2D eigenvalue weighted by molar-refractivity contribution is 0.0342. The molecule has 0 atom stereocenters. The van der Waals surface area contributed by atoms with E-state index in [1.54, 1.807) is 0 Å². The number of hydrogen-bond acceptors (Lipinski definition) is 4. The molecule has 122 valence electrons. The molecule has 0 amide bonds. The molecule has 24 heavy (non-hydrogen) atoms. The Morgan fingerprint density at radius 3 is 2.58 bits per heavy atom. The monoisotopic (exact) mass is 319 g/mol. The number of rotatable bonds is 4. The number of ether oxygens (including phenoxy) is 1. The Labute approximate surface area is 142 Å². The SMILES string of the molecule is c1ccc2c(Nc3ccc(CN4CCOCC4)cc3)nccc2c1. The minimum atomic E-state index is 0.840. The summed E-state index contributed by atoms with van der Waals surface area (Å²) in [5, 5.41) is 5.76. The Kier molecular flexibility index (Phi) is 4.40. The first-order valence-electron chi connectivity index (χ1n) is 8.38. The minimum Gasteiger partial charge on any atom is -0.379 e. The van der Waals surface area contributed by atoms with E-state index in [0.717, 1.165) is 49.7 Å². The zero-order valence-electron chi connectivity index (χ0n) is 13.6. The van der Waals surface area contributed by atoms with Crippen LogP contribution in [0.5, 0.6) is 0 Å². The van der Waals surface area contributed by atoms with Gasteiger partial charge < -0.3 is 10.1 Å². The van der Waals surface area contributed by atoms with Crippen molar-refractivity contribution in [2.24, 2.45) is 0 Å². The van der Waals surface area contributed by atoms with Crippen LogP contribution >= 0.6 is 0 Å². The van der Waals surface area contributed by atoms with Crippen molar-refractivity contribution in [1.82, 2.24) is 9.88 Å². The molecule has 1 aliphatic rings. The second-order valence-corrected chi connectivity index (χ2v) is 6.09. The second-order valence-electron chi connectivity index (χ2n) is 6.09. The summed E-state index contributed by atoms with van der Waals surface area (Å²) in [6.07, 6.45) is 1.84. The first-order valence-corrected chi connectivity index (χ1v) is 8.38. The molecule has 1 N–H and O–H groups in total. The van der Waals surface area contributed by atoms with Crippen LogP contribution < -0.4 is 5.32 Å². The molecule has 4 nitrogen and oxygen atoms in total. The summed E-state index contributed by atoms with van der Waals surface area (Å²) in [6.45, 7) is 4.69. The lowest BCUT2D eigenvalue weighted by Gasteiger charge is -2.26. The summed E-state index contributed by atoms with van der Waals surface area (Å²) in [4.78, 5) is 6.91. The average Bonchev–Trinajstić information content (AvgIpc) is 2.65. The summed E-state index contributed by atoms with van der Waals surface area (Å²) in [5.41, 5.74) is 2.39. The van der Waals surface area contributed by atoms with Crippen LogP contribution in [-0.4, -0.2) is 36.2 Å². The molecule has 3 aromatic rings. The normalized spacial score (nSPS) is 15.5. The van der Waals surface area contributed by atoms with E-state index in [4.69, 9.17) is 4.74 Å². The van der Waals surface area contributed by atoms with Crippen molar-refractivity contribution in [1.29, 1.82) is 0 Å². The van der Waals surface area contributed by atoms with Gasteiger partial charge in [-0.3, -0.25) is 4.90 Å². The zero-order valence-corrected chi connectivity index (χ0v) is 13.6. The summed E-state index contributed by atoms with van der Waals surface area (Å²) in [6, 6.07) is 18.9. The zero-order chi connectivity index (χ0) is 16.2. The van der Waals surface area contributed by atoms with Crippen LogP contribution in [-0.2, 0) is 11.3 Å². The van der Waals surface area contributed by atoms with Crippen molar-refractivity contribution >= 4 is 22.3 Å². The first-order chi connectivity index (χ1) is 11.9. The maximum atomic E-state index is 5.40. The van der Waals surface area contributed by atoms with Gasteiger partial charge in [-0.1, -0.05) is 36.4 Å². The number of nitrogens with one attached hydrogen (secondary N) is 1. The van der Waals surface area contributed by atoms with Gasteiger partial charge in [0.2, 0.25) is 0 Å². The Morgan fingerprint density at radius 2 is 1.75 bits per heavy atom. The van der Waals surface area contributed by atoms with Crippen LogP contribution in [0.1, 0.15) is 5.56 Å². The van der Waals surface area contributed by atoms with E-state index in [-0.39, 0.29) is 0 Å². The third-order valence-electron chi connectivity index (χ3n) is 4.40. The van der Waals surface area contributed by atoms with Gasteiger partial charge in [-0.25, -0.2) is 4.98 Å². The van der Waals surface area contributed by atoms with Crippen molar-refractivity contribution in [2.75, 3.05) is 31.6 Å². The molecular formula is C20H21N3O. The molecule has 1 saturated heterocycles. The maximum absolute atomic E-state index is 5.40. The molecule has 0 saturated carbocycles. The van der Waals surface area contributed by atoms with Gasteiger partial charge in [0.1, 0.15) is 5.82 Å². The largest absolute Gasteiger partial charge is 0.379 e. The molecular weight excluding hydrogens is 298 g/mol. The summed E-state index contributed by atoms with van der Waals surface area (Å²) in [5.74, 6) is 0.897. The van der Waals surface area contributed by atoms with E-state index in [9.17, 15) is 0 Å². The predicted molar refractivity (Wildman–Crippen MR) is 97.6 cm³/mol. The van der Waals surface area contributed by atoms with E-state index in [1.807, 2.05) is 24.4 Å². The third-order valence-corrected chi connectivity index (χ3v) is 4.40. The highest BCUT2D eigenvalue weighted by Gasteiger charge is 2.10. The molecule has 1 aromatic heterocycles. The van der Waals surface area contributed by atoms with Gasteiger partial charge in [0, 0.05) is 36.9 Å². The molecule has 0 radical (unpaired) electrons. The van der Waals surface area contributed by atoms with Gasteiger partial charge in [0.15, 0.2) is 0 Å². The minimum absolute atomic E-state index is 0.840. The highest BCUT2D eigenvalue weighted by Crippen LogP contribution is 2.24. The topological polar surface area (TPSA) is 37.4 Å². The van der Waals surface area contributed by atoms with Gasteiger partial charge in [-0.15, -0.1) is 0 Å². The standard InChI is InChI=1S/C20H21N3O/c1-2-4-19-17(3-1)9-10-21-20(19)22-18-7-5-16(6-8-18)15-23-11-13-24-14-12-23/h1-10H,11-15H2,(H,21,22). The van der Waals surface area contributed by atoms with Crippen molar-refractivity contribution in [3.05, 3.63) is 66.4 Å². The maximum Gasteiger partial charge on any atom is 0.138 e. The average molecular weight is 319 g/mol. The fourth-order valence-electron chi connectivity index (χ4n) is 3.07. The van der Waals surface area contributed by atoms with Gasteiger partial charge >= 0.3 is 0 Å². The lowest BCUT2D eigenvalue weighted by Crippen LogP contribution is -2.35.